The summed E-state index contributed by atoms with van der Waals surface area (Å²) >= 11 is 0. The van der Waals surface area contributed by atoms with Gasteiger partial charge in [0, 0.05) is 6.42 Å². The van der Waals surface area contributed by atoms with Crippen LogP contribution in [0.3, 0.4) is 0 Å². The lowest BCUT2D eigenvalue weighted by Gasteiger charge is -2.28. The first-order chi connectivity index (χ1) is 10.9. The molecule has 0 amide bonds. The molecule has 5 heteroatoms. The maximum Gasteiger partial charge on any atom is 0.416 e. The molecule has 1 aliphatic rings. The average Bonchev–Trinajstić information content (AvgIpc) is 2.53. The molecule has 1 fully saturated rings. The van der Waals surface area contributed by atoms with Gasteiger partial charge >= 0.3 is 12.1 Å². The van der Waals surface area contributed by atoms with Crippen LogP contribution in [0.5, 0.6) is 0 Å². The number of ether oxygens (including phenoxy) is 1. The number of hydrogen-bond acceptors (Lipinski definition) is 2. The van der Waals surface area contributed by atoms with Crippen LogP contribution in [0.4, 0.5) is 13.2 Å². The summed E-state index contributed by atoms with van der Waals surface area (Å²) in [5.41, 5.74) is 0.306. The number of carbonyl (C=O) groups is 1. The van der Waals surface area contributed by atoms with Crippen LogP contribution in [0.2, 0.25) is 0 Å². The normalized spacial score (nSPS) is 21.7. The van der Waals surface area contributed by atoms with Crippen molar-refractivity contribution in [2.45, 2.75) is 56.7 Å². The van der Waals surface area contributed by atoms with Crippen molar-refractivity contribution in [1.82, 2.24) is 0 Å². The molecule has 0 heterocycles. The summed E-state index contributed by atoms with van der Waals surface area (Å²) in [7, 11) is 0. The summed E-state index contributed by atoms with van der Waals surface area (Å²) in [6.07, 6.45) is 1.44. The van der Waals surface area contributed by atoms with Crippen molar-refractivity contribution in [3.63, 3.8) is 0 Å². The first-order valence-corrected chi connectivity index (χ1v) is 7.87. The van der Waals surface area contributed by atoms with Crippen molar-refractivity contribution in [1.29, 1.82) is 0 Å². The van der Waals surface area contributed by atoms with Crippen LogP contribution in [-0.2, 0) is 15.7 Å². The van der Waals surface area contributed by atoms with E-state index < -0.39 is 11.7 Å². The number of alkyl halides is 3. The maximum absolute atomic E-state index is 12.6. The topological polar surface area (TPSA) is 26.3 Å². The second-order valence-electron chi connectivity index (χ2n) is 5.91. The largest absolute Gasteiger partial charge is 0.462 e. The van der Waals surface area contributed by atoms with Crippen LogP contribution in [0.1, 0.15) is 55.6 Å². The first kappa shape index (κ1) is 17.6. The molecule has 0 unspecified atom stereocenters. The van der Waals surface area contributed by atoms with Crippen LogP contribution < -0.4 is 0 Å². The Bertz CT molecular complexity index is 526. The lowest BCUT2D eigenvalue weighted by molar-refractivity contribution is -0.150. The van der Waals surface area contributed by atoms with E-state index in [1.54, 1.807) is 18.2 Å². The van der Waals surface area contributed by atoms with E-state index in [0.717, 1.165) is 43.4 Å². The van der Waals surface area contributed by atoms with Crippen LogP contribution in [0, 0.1) is 0 Å². The lowest BCUT2D eigenvalue weighted by Crippen LogP contribution is -2.23. The number of halogens is 3. The predicted octanol–water partition coefficient (Wildman–Crippen LogP) is 5.24. The van der Waals surface area contributed by atoms with Crippen molar-refractivity contribution in [2.24, 2.45) is 0 Å². The third-order valence-electron chi connectivity index (χ3n) is 4.23. The molecule has 2 nitrogen and oxygen atoms in total. The summed E-state index contributed by atoms with van der Waals surface area (Å²) < 4.78 is 43.1. The van der Waals surface area contributed by atoms with Crippen LogP contribution in [0.15, 0.2) is 36.9 Å². The summed E-state index contributed by atoms with van der Waals surface area (Å²) in [5.74, 6) is 0.0308. The number of hydrogen-bond donors (Lipinski definition) is 0. The molecule has 0 atom stereocenters. The average molecular weight is 326 g/mol. The molecule has 126 valence electrons. The van der Waals surface area contributed by atoms with Crippen LogP contribution in [-0.4, -0.2) is 12.1 Å². The summed E-state index contributed by atoms with van der Waals surface area (Å²) in [4.78, 5) is 11.6. The Morgan fingerprint density at radius 1 is 1.17 bits per heavy atom. The zero-order valence-electron chi connectivity index (χ0n) is 12.9. The Labute approximate surface area is 134 Å². The molecule has 0 spiro atoms. The zero-order valence-corrected chi connectivity index (χ0v) is 12.9. The molecule has 0 bridgehead atoms. The molecule has 0 saturated heterocycles. The molecule has 1 saturated carbocycles. The molecule has 2 rings (SSSR count). The van der Waals surface area contributed by atoms with Gasteiger partial charge in [-0.15, -0.1) is 6.58 Å². The number of allylic oxidation sites excluding steroid dienone is 1. The first-order valence-electron chi connectivity index (χ1n) is 7.87. The molecule has 0 aliphatic heterocycles. The van der Waals surface area contributed by atoms with E-state index in [9.17, 15) is 18.0 Å². The SMILES string of the molecule is C=CCCC(=O)OC1CCC(c2ccc(C(F)(F)F)cc2)CC1. The number of carbonyl (C=O) groups excluding carboxylic acids is 1. The van der Waals surface area contributed by atoms with Gasteiger partial charge in [-0.3, -0.25) is 4.79 Å². The van der Waals surface area contributed by atoms with E-state index in [2.05, 4.69) is 6.58 Å². The van der Waals surface area contributed by atoms with Crippen molar-refractivity contribution < 1.29 is 22.7 Å². The smallest absolute Gasteiger partial charge is 0.416 e. The highest BCUT2D eigenvalue weighted by Gasteiger charge is 2.31. The summed E-state index contributed by atoms with van der Waals surface area (Å²) in [6.45, 7) is 3.57. The van der Waals surface area contributed by atoms with Gasteiger partial charge in [-0.25, -0.2) is 0 Å². The van der Waals surface area contributed by atoms with E-state index in [0.29, 0.717) is 12.8 Å². The van der Waals surface area contributed by atoms with E-state index in [4.69, 9.17) is 4.74 Å². The molecule has 23 heavy (non-hydrogen) atoms. The van der Waals surface area contributed by atoms with Gasteiger partial charge in [-0.1, -0.05) is 18.2 Å². The summed E-state index contributed by atoms with van der Waals surface area (Å²) in [6, 6.07) is 5.39. The fourth-order valence-corrected chi connectivity index (χ4v) is 2.92. The van der Waals surface area contributed by atoms with Gasteiger partial charge in [-0.2, -0.15) is 13.2 Å². The maximum atomic E-state index is 12.6. The Kier molecular flexibility index (Phi) is 5.85. The highest BCUT2D eigenvalue weighted by molar-refractivity contribution is 5.69. The minimum absolute atomic E-state index is 0.0713. The molecular weight excluding hydrogens is 305 g/mol. The monoisotopic (exact) mass is 326 g/mol. The molecule has 0 N–H and O–H groups in total. The van der Waals surface area contributed by atoms with Gasteiger partial charge in [0.15, 0.2) is 0 Å². The van der Waals surface area contributed by atoms with Gasteiger partial charge in [0.05, 0.1) is 5.56 Å². The van der Waals surface area contributed by atoms with Gasteiger partial charge < -0.3 is 4.74 Å². The number of esters is 1. The third kappa shape index (κ3) is 5.12. The number of benzene rings is 1. The molecule has 0 aromatic heterocycles. The molecule has 1 aromatic carbocycles. The molecule has 1 aliphatic carbocycles. The van der Waals surface area contributed by atoms with Gasteiger partial charge in [-0.05, 0) is 55.7 Å². The predicted molar refractivity (Wildman–Crippen MR) is 82.0 cm³/mol. The van der Waals surface area contributed by atoms with E-state index >= 15 is 0 Å². The molecular formula is C18H21F3O2. The highest BCUT2D eigenvalue weighted by Crippen LogP contribution is 2.36. The van der Waals surface area contributed by atoms with E-state index in [1.807, 2.05) is 0 Å². The molecule has 1 aromatic rings. The Morgan fingerprint density at radius 3 is 2.30 bits per heavy atom. The standard InChI is InChI=1S/C18H21F3O2/c1-2-3-4-17(22)23-16-11-7-14(8-12-16)13-5-9-15(10-6-13)18(19,20)21/h2,5-6,9-10,14,16H,1,3-4,7-8,11-12H2. The third-order valence-corrected chi connectivity index (χ3v) is 4.23. The minimum atomic E-state index is -4.30. The second kappa shape index (κ2) is 7.66. The van der Waals surface area contributed by atoms with E-state index in [-0.39, 0.29) is 18.0 Å². The summed E-state index contributed by atoms with van der Waals surface area (Å²) in [5, 5.41) is 0. The van der Waals surface area contributed by atoms with Gasteiger partial charge in [0.2, 0.25) is 0 Å². The van der Waals surface area contributed by atoms with Crippen molar-refractivity contribution in [3.8, 4) is 0 Å². The minimum Gasteiger partial charge on any atom is -0.462 e. The van der Waals surface area contributed by atoms with Crippen molar-refractivity contribution in [2.75, 3.05) is 0 Å². The van der Waals surface area contributed by atoms with Crippen LogP contribution >= 0.6 is 0 Å². The highest BCUT2D eigenvalue weighted by atomic mass is 19.4. The van der Waals surface area contributed by atoms with Crippen molar-refractivity contribution in [3.05, 3.63) is 48.0 Å². The fourth-order valence-electron chi connectivity index (χ4n) is 2.92. The van der Waals surface area contributed by atoms with Gasteiger partial charge in [0.25, 0.3) is 0 Å². The quantitative estimate of drug-likeness (QED) is 0.546. The lowest BCUT2D eigenvalue weighted by atomic mass is 9.82. The van der Waals surface area contributed by atoms with Crippen LogP contribution in [0.25, 0.3) is 0 Å². The Hall–Kier alpha value is -1.78. The van der Waals surface area contributed by atoms with Crippen molar-refractivity contribution >= 4 is 5.97 Å². The zero-order chi connectivity index (χ0) is 16.9. The fraction of sp³-hybridized carbons (Fsp3) is 0.500. The Balaban J connectivity index is 1.84. The second-order valence-corrected chi connectivity index (χ2v) is 5.91. The Morgan fingerprint density at radius 2 is 1.78 bits per heavy atom. The van der Waals surface area contributed by atoms with E-state index in [1.165, 1.54) is 0 Å². The van der Waals surface area contributed by atoms with Gasteiger partial charge in [0.1, 0.15) is 6.10 Å². The molecule has 0 radical (unpaired) electrons. The number of rotatable bonds is 5.